The number of nitrogens with one attached hydrogen (secondary N) is 1. The lowest BCUT2D eigenvalue weighted by molar-refractivity contribution is -0.119. The molecule has 1 fully saturated rings. The number of alkyl halides is 1. The van der Waals surface area contributed by atoms with E-state index in [9.17, 15) is 4.79 Å². The minimum Gasteiger partial charge on any atom is -0.352 e. The molecule has 0 aromatic rings. The second kappa shape index (κ2) is 2.35. The third-order valence-corrected chi connectivity index (χ3v) is 1.64. The Hall–Kier alpha value is -0.240. The Morgan fingerprint density at radius 2 is 2.62 bits per heavy atom. The van der Waals surface area contributed by atoms with Crippen molar-refractivity contribution in [3.05, 3.63) is 0 Å². The van der Waals surface area contributed by atoms with Crippen LogP contribution in [-0.2, 0) is 4.79 Å². The predicted molar refractivity (Wildman–Crippen MR) is 31.9 cm³/mol. The topological polar surface area (TPSA) is 29.1 Å². The maximum absolute atomic E-state index is 10.4. The van der Waals surface area contributed by atoms with E-state index in [0.29, 0.717) is 12.3 Å². The monoisotopic (exact) mass is 133 g/mol. The van der Waals surface area contributed by atoms with Crippen LogP contribution >= 0.6 is 11.6 Å². The van der Waals surface area contributed by atoms with Crippen LogP contribution in [-0.4, -0.2) is 17.8 Å². The summed E-state index contributed by atoms with van der Waals surface area (Å²) >= 11 is 5.46. The van der Waals surface area contributed by atoms with Gasteiger partial charge >= 0.3 is 0 Å². The van der Waals surface area contributed by atoms with Crippen LogP contribution in [0.5, 0.6) is 0 Å². The second-order valence-corrected chi connectivity index (χ2v) is 2.27. The van der Waals surface area contributed by atoms with Crippen molar-refractivity contribution >= 4 is 17.5 Å². The summed E-state index contributed by atoms with van der Waals surface area (Å²) in [6.45, 7) is 0. The van der Waals surface area contributed by atoms with Crippen LogP contribution in [0.3, 0.4) is 0 Å². The number of hydrogen-bond donors (Lipinski definition) is 1. The Kier molecular flexibility index (Phi) is 1.73. The molecule has 0 saturated carbocycles. The average Bonchev–Trinajstić information content (AvgIpc) is 2.14. The molecule has 0 aromatic carbocycles. The standard InChI is InChI=1S/C5H8ClNO/c6-3-4-1-2-5(8)7-4/h4H,1-3H2,(H,7,8)/t4-/m1/s1. The summed E-state index contributed by atoms with van der Waals surface area (Å²) in [4.78, 5) is 10.4. The van der Waals surface area contributed by atoms with E-state index in [0.717, 1.165) is 6.42 Å². The van der Waals surface area contributed by atoms with Gasteiger partial charge in [0.15, 0.2) is 0 Å². The van der Waals surface area contributed by atoms with Crippen molar-refractivity contribution in [1.29, 1.82) is 0 Å². The van der Waals surface area contributed by atoms with Gasteiger partial charge in [0.05, 0.1) is 0 Å². The molecule has 2 nitrogen and oxygen atoms in total. The van der Waals surface area contributed by atoms with Crippen LogP contribution in [0.1, 0.15) is 12.8 Å². The summed E-state index contributed by atoms with van der Waals surface area (Å²) in [5.74, 6) is 0.682. The highest BCUT2D eigenvalue weighted by Crippen LogP contribution is 2.06. The molecule has 1 amide bonds. The SMILES string of the molecule is O=C1CC[C@H](CCl)N1. The summed E-state index contributed by atoms with van der Waals surface area (Å²) in [5.41, 5.74) is 0. The molecule has 1 N–H and O–H groups in total. The van der Waals surface area contributed by atoms with Crippen molar-refractivity contribution in [2.45, 2.75) is 18.9 Å². The van der Waals surface area contributed by atoms with Crippen molar-refractivity contribution < 1.29 is 4.79 Å². The summed E-state index contributed by atoms with van der Waals surface area (Å²) < 4.78 is 0. The number of amides is 1. The molecule has 1 aliphatic heterocycles. The zero-order valence-corrected chi connectivity index (χ0v) is 5.24. The van der Waals surface area contributed by atoms with Crippen LogP contribution in [0.25, 0.3) is 0 Å². The molecule has 0 aromatic heterocycles. The van der Waals surface area contributed by atoms with Gasteiger partial charge in [-0.3, -0.25) is 4.79 Å². The molecule has 1 aliphatic rings. The Balaban J connectivity index is 2.32. The Labute approximate surface area is 53.2 Å². The molecule has 46 valence electrons. The fraction of sp³-hybridized carbons (Fsp3) is 0.800. The lowest BCUT2D eigenvalue weighted by Gasteiger charge is -2.00. The number of hydrogen-bond acceptors (Lipinski definition) is 1. The lowest BCUT2D eigenvalue weighted by atomic mass is 10.3. The van der Waals surface area contributed by atoms with Gasteiger partial charge in [-0.1, -0.05) is 0 Å². The molecule has 1 saturated heterocycles. The summed E-state index contributed by atoms with van der Waals surface area (Å²) in [6.07, 6.45) is 1.56. The van der Waals surface area contributed by atoms with Gasteiger partial charge in [0.1, 0.15) is 0 Å². The molecule has 0 radical (unpaired) electrons. The van der Waals surface area contributed by atoms with E-state index in [4.69, 9.17) is 11.6 Å². The van der Waals surface area contributed by atoms with Crippen LogP contribution in [0, 0.1) is 0 Å². The smallest absolute Gasteiger partial charge is 0.220 e. The van der Waals surface area contributed by atoms with Crippen molar-refractivity contribution in [3.8, 4) is 0 Å². The van der Waals surface area contributed by atoms with Crippen LogP contribution < -0.4 is 5.32 Å². The quantitative estimate of drug-likeness (QED) is 0.519. The predicted octanol–water partition coefficient (Wildman–Crippen LogP) is 0.504. The van der Waals surface area contributed by atoms with Gasteiger partial charge in [0.25, 0.3) is 0 Å². The van der Waals surface area contributed by atoms with Gasteiger partial charge in [0, 0.05) is 18.3 Å². The fourth-order valence-electron chi connectivity index (χ4n) is 0.793. The van der Waals surface area contributed by atoms with E-state index >= 15 is 0 Å². The van der Waals surface area contributed by atoms with E-state index in [2.05, 4.69) is 5.32 Å². The maximum atomic E-state index is 10.4. The first-order valence-corrected chi connectivity index (χ1v) is 3.21. The molecule has 0 spiro atoms. The first kappa shape index (κ1) is 5.89. The van der Waals surface area contributed by atoms with Crippen molar-refractivity contribution in [2.75, 3.05) is 5.88 Å². The maximum Gasteiger partial charge on any atom is 0.220 e. The van der Waals surface area contributed by atoms with Crippen molar-refractivity contribution in [1.82, 2.24) is 5.32 Å². The zero-order valence-electron chi connectivity index (χ0n) is 4.48. The van der Waals surface area contributed by atoms with E-state index < -0.39 is 0 Å². The molecular weight excluding hydrogens is 126 g/mol. The Morgan fingerprint density at radius 1 is 1.88 bits per heavy atom. The van der Waals surface area contributed by atoms with Gasteiger partial charge < -0.3 is 5.32 Å². The molecule has 0 unspecified atom stereocenters. The molecule has 1 heterocycles. The highest BCUT2D eigenvalue weighted by atomic mass is 35.5. The van der Waals surface area contributed by atoms with E-state index in [-0.39, 0.29) is 11.9 Å². The van der Waals surface area contributed by atoms with Crippen LogP contribution in [0.4, 0.5) is 0 Å². The number of carbonyl (C=O) groups is 1. The van der Waals surface area contributed by atoms with Gasteiger partial charge in [-0.25, -0.2) is 0 Å². The summed E-state index contributed by atoms with van der Waals surface area (Å²) in [7, 11) is 0. The Bertz CT molecular complexity index is 105. The number of halogens is 1. The zero-order chi connectivity index (χ0) is 5.98. The normalized spacial score (nSPS) is 28.1. The minimum absolute atomic E-state index is 0.135. The lowest BCUT2D eigenvalue weighted by Crippen LogP contribution is -2.26. The first-order chi connectivity index (χ1) is 3.83. The van der Waals surface area contributed by atoms with Crippen molar-refractivity contribution in [3.63, 3.8) is 0 Å². The first-order valence-electron chi connectivity index (χ1n) is 2.68. The molecule has 1 atom stereocenters. The highest BCUT2D eigenvalue weighted by Gasteiger charge is 2.18. The van der Waals surface area contributed by atoms with Gasteiger partial charge in [-0.2, -0.15) is 0 Å². The average molecular weight is 134 g/mol. The Morgan fingerprint density at radius 3 is 2.88 bits per heavy atom. The third-order valence-electron chi connectivity index (χ3n) is 1.27. The van der Waals surface area contributed by atoms with Gasteiger partial charge in [-0.15, -0.1) is 11.6 Å². The largest absolute Gasteiger partial charge is 0.352 e. The molecule has 0 aliphatic carbocycles. The molecule has 0 bridgehead atoms. The third kappa shape index (κ3) is 1.13. The van der Waals surface area contributed by atoms with Crippen molar-refractivity contribution in [2.24, 2.45) is 0 Å². The van der Waals surface area contributed by atoms with Crippen LogP contribution in [0.2, 0.25) is 0 Å². The molecule has 1 rings (SSSR count). The number of rotatable bonds is 1. The molecule has 3 heteroatoms. The summed E-state index contributed by atoms with van der Waals surface area (Å²) in [6, 6.07) is 0.240. The van der Waals surface area contributed by atoms with Gasteiger partial charge in [-0.05, 0) is 6.42 Å². The summed E-state index contributed by atoms with van der Waals surface area (Å²) in [5, 5.41) is 2.73. The van der Waals surface area contributed by atoms with E-state index in [1.54, 1.807) is 0 Å². The molecule has 8 heavy (non-hydrogen) atoms. The second-order valence-electron chi connectivity index (χ2n) is 1.96. The van der Waals surface area contributed by atoms with E-state index in [1.807, 2.05) is 0 Å². The van der Waals surface area contributed by atoms with Crippen LogP contribution in [0.15, 0.2) is 0 Å². The minimum atomic E-state index is 0.135. The number of carbonyl (C=O) groups excluding carboxylic acids is 1. The fourth-order valence-corrected chi connectivity index (χ4v) is 1.02. The molecular formula is C5H8ClNO. The van der Waals surface area contributed by atoms with Gasteiger partial charge in [0.2, 0.25) is 5.91 Å². The van der Waals surface area contributed by atoms with E-state index in [1.165, 1.54) is 0 Å². The highest BCUT2D eigenvalue weighted by molar-refractivity contribution is 6.18.